The first-order valence-electron chi connectivity index (χ1n) is 6.43. The third kappa shape index (κ3) is 3.32. The molecule has 0 radical (unpaired) electrons. The number of primary sulfonamides is 1. The summed E-state index contributed by atoms with van der Waals surface area (Å²) in [6.07, 6.45) is 1.81. The molecule has 21 heavy (non-hydrogen) atoms. The smallest absolute Gasteiger partial charge is 0.272 e. The Labute approximate surface area is 123 Å². The van der Waals surface area contributed by atoms with Gasteiger partial charge in [0, 0.05) is 18.4 Å². The van der Waals surface area contributed by atoms with Crippen molar-refractivity contribution in [1.29, 1.82) is 0 Å². The van der Waals surface area contributed by atoms with Gasteiger partial charge in [-0.3, -0.25) is 4.79 Å². The van der Waals surface area contributed by atoms with Crippen LogP contribution in [0, 0.1) is 6.92 Å². The minimum Gasteiger partial charge on any atom is -0.344 e. The van der Waals surface area contributed by atoms with E-state index in [-0.39, 0.29) is 10.8 Å². The summed E-state index contributed by atoms with van der Waals surface area (Å²) in [7, 11) is -3.81. The van der Waals surface area contributed by atoms with Crippen LogP contribution in [-0.4, -0.2) is 18.9 Å². The van der Waals surface area contributed by atoms with Crippen molar-refractivity contribution in [2.45, 2.75) is 25.3 Å². The first-order chi connectivity index (χ1) is 9.82. The largest absolute Gasteiger partial charge is 0.344 e. The van der Waals surface area contributed by atoms with E-state index < -0.39 is 10.0 Å². The maximum absolute atomic E-state index is 12.2. The number of carbonyl (C=O) groups is 1. The van der Waals surface area contributed by atoms with Crippen LogP contribution in [0.2, 0.25) is 0 Å². The second kappa shape index (κ2) is 5.71. The quantitative estimate of drug-likeness (QED) is 0.900. The van der Waals surface area contributed by atoms with E-state index >= 15 is 0 Å². The minimum atomic E-state index is -3.81. The summed E-state index contributed by atoms with van der Waals surface area (Å²) in [5, 5.41) is 7.83. The fraction of sp³-hybridized carbons (Fsp3) is 0.214. The number of anilines is 1. The molecule has 0 spiro atoms. The van der Waals surface area contributed by atoms with Crippen LogP contribution in [0.15, 0.2) is 41.4 Å². The number of carbonyl (C=O) groups excluding carboxylic acids is 1. The second-order valence-corrected chi connectivity index (χ2v) is 6.19. The summed E-state index contributed by atoms with van der Waals surface area (Å²) in [6, 6.07) is 8.09. The zero-order valence-corrected chi connectivity index (χ0v) is 12.6. The molecule has 0 saturated carbocycles. The van der Waals surface area contributed by atoms with Gasteiger partial charge in [0.1, 0.15) is 5.69 Å². The van der Waals surface area contributed by atoms with Gasteiger partial charge < -0.3 is 9.88 Å². The first-order valence-corrected chi connectivity index (χ1v) is 7.97. The summed E-state index contributed by atoms with van der Waals surface area (Å²) >= 11 is 0. The number of aromatic nitrogens is 1. The zero-order valence-electron chi connectivity index (χ0n) is 11.8. The molecule has 2 aromatic rings. The fourth-order valence-corrected chi connectivity index (χ4v) is 2.88. The predicted octanol–water partition coefficient (Wildman–Crippen LogP) is 1.72. The average molecular weight is 307 g/mol. The van der Waals surface area contributed by atoms with Crippen LogP contribution in [0.25, 0.3) is 0 Å². The predicted molar refractivity (Wildman–Crippen MR) is 80.6 cm³/mol. The Bertz CT molecular complexity index is 779. The molecule has 0 aliphatic heterocycles. The molecule has 0 aliphatic rings. The van der Waals surface area contributed by atoms with Crippen LogP contribution in [0.3, 0.4) is 0 Å². The van der Waals surface area contributed by atoms with E-state index in [9.17, 15) is 13.2 Å². The lowest BCUT2D eigenvalue weighted by molar-refractivity contribution is 0.101. The number of amides is 1. The van der Waals surface area contributed by atoms with Gasteiger partial charge in [0.2, 0.25) is 10.0 Å². The Morgan fingerprint density at radius 3 is 2.67 bits per heavy atom. The van der Waals surface area contributed by atoms with Crippen LogP contribution in [0.1, 0.15) is 23.0 Å². The number of sulfonamides is 1. The normalized spacial score (nSPS) is 11.4. The number of nitrogens with zero attached hydrogens (tertiary/aromatic N) is 1. The molecule has 1 aromatic heterocycles. The lowest BCUT2D eigenvalue weighted by Crippen LogP contribution is -2.18. The highest BCUT2D eigenvalue weighted by Gasteiger charge is 2.14. The molecule has 1 aromatic carbocycles. The van der Waals surface area contributed by atoms with Gasteiger partial charge >= 0.3 is 0 Å². The molecule has 112 valence electrons. The van der Waals surface area contributed by atoms with E-state index in [1.54, 1.807) is 42.0 Å². The van der Waals surface area contributed by atoms with E-state index in [0.29, 0.717) is 23.5 Å². The average Bonchev–Trinajstić information content (AvgIpc) is 2.88. The molecule has 6 nitrogen and oxygen atoms in total. The number of nitrogens with one attached hydrogen (secondary N) is 1. The van der Waals surface area contributed by atoms with Crippen LogP contribution in [0.4, 0.5) is 5.69 Å². The lowest BCUT2D eigenvalue weighted by atomic mass is 10.2. The van der Waals surface area contributed by atoms with E-state index in [2.05, 4.69) is 5.32 Å². The number of benzene rings is 1. The van der Waals surface area contributed by atoms with Crippen molar-refractivity contribution in [3.05, 3.63) is 47.8 Å². The Morgan fingerprint density at radius 1 is 1.33 bits per heavy atom. The van der Waals surface area contributed by atoms with Crippen molar-refractivity contribution < 1.29 is 13.2 Å². The van der Waals surface area contributed by atoms with Gasteiger partial charge in [-0.2, -0.15) is 0 Å². The summed E-state index contributed by atoms with van der Waals surface area (Å²) < 4.78 is 24.8. The monoisotopic (exact) mass is 307 g/mol. The zero-order chi connectivity index (χ0) is 15.6. The number of hydrogen-bond donors (Lipinski definition) is 2. The van der Waals surface area contributed by atoms with Crippen LogP contribution in [0.5, 0.6) is 0 Å². The van der Waals surface area contributed by atoms with Crippen LogP contribution < -0.4 is 10.5 Å². The van der Waals surface area contributed by atoms with E-state index in [0.717, 1.165) is 0 Å². The molecule has 0 bridgehead atoms. The molecule has 3 N–H and O–H groups in total. The molecule has 2 rings (SSSR count). The van der Waals surface area contributed by atoms with Gasteiger partial charge in [-0.1, -0.05) is 6.07 Å². The number of rotatable bonds is 4. The topological polar surface area (TPSA) is 94.2 Å². The Balaban J connectivity index is 2.31. The molecule has 0 saturated heterocycles. The summed E-state index contributed by atoms with van der Waals surface area (Å²) in [5.74, 6) is -0.300. The standard InChI is InChI=1S/C14H17N3O3S/c1-3-17-8-4-5-12(17)14(18)16-11-7-6-10(2)13(9-11)21(15,19)20/h4-9H,3H2,1-2H3,(H,16,18)(H2,15,19,20). The number of nitrogens with two attached hydrogens (primary N) is 1. The molecule has 0 unspecified atom stereocenters. The lowest BCUT2D eigenvalue weighted by Gasteiger charge is -2.10. The number of aryl methyl sites for hydroxylation is 2. The molecule has 1 heterocycles. The summed E-state index contributed by atoms with van der Waals surface area (Å²) in [4.78, 5) is 12.2. The maximum atomic E-state index is 12.2. The van der Waals surface area contributed by atoms with Crippen molar-refractivity contribution in [2.75, 3.05) is 5.32 Å². The first kappa shape index (κ1) is 15.3. The molecule has 0 aliphatic carbocycles. The van der Waals surface area contributed by atoms with Crippen molar-refractivity contribution in [1.82, 2.24) is 4.57 Å². The summed E-state index contributed by atoms with van der Waals surface area (Å²) in [5.41, 5.74) is 1.43. The Kier molecular flexibility index (Phi) is 4.15. The highest BCUT2D eigenvalue weighted by Crippen LogP contribution is 2.19. The van der Waals surface area contributed by atoms with Gasteiger partial charge in [0.15, 0.2) is 0 Å². The fourth-order valence-electron chi connectivity index (χ4n) is 2.08. The van der Waals surface area contributed by atoms with Gasteiger partial charge in [-0.05, 0) is 43.7 Å². The molecular formula is C14H17N3O3S. The maximum Gasteiger partial charge on any atom is 0.272 e. The SMILES string of the molecule is CCn1cccc1C(=O)Nc1ccc(C)c(S(N)(=O)=O)c1. The van der Waals surface area contributed by atoms with Crippen molar-refractivity contribution in [3.8, 4) is 0 Å². The minimum absolute atomic E-state index is 0.00572. The third-order valence-corrected chi connectivity index (χ3v) is 4.21. The molecule has 1 amide bonds. The van der Waals surface area contributed by atoms with Crippen molar-refractivity contribution in [2.24, 2.45) is 5.14 Å². The molecule has 7 heteroatoms. The van der Waals surface area contributed by atoms with Crippen LogP contribution in [-0.2, 0) is 16.6 Å². The Morgan fingerprint density at radius 2 is 2.05 bits per heavy atom. The van der Waals surface area contributed by atoms with Gasteiger partial charge in [-0.25, -0.2) is 13.6 Å². The van der Waals surface area contributed by atoms with Gasteiger partial charge in [0.05, 0.1) is 4.90 Å². The van der Waals surface area contributed by atoms with Gasteiger partial charge in [0.25, 0.3) is 5.91 Å². The highest BCUT2D eigenvalue weighted by molar-refractivity contribution is 7.89. The summed E-state index contributed by atoms with van der Waals surface area (Å²) in [6.45, 7) is 4.25. The molecular weight excluding hydrogens is 290 g/mol. The number of hydrogen-bond acceptors (Lipinski definition) is 3. The molecule has 0 atom stereocenters. The van der Waals surface area contributed by atoms with Crippen molar-refractivity contribution in [3.63, 3.8) is 0 Å². The van der Waals surface area contributed by atoms with E-state index in [4.69, 9.17) is 5.14 Å². The highest BCUT2D eigenvalue weighted by atomic mass is 32.2. The Hall–Kier alpha value is -2.12. The van der Waals surface area contributed by atoms with Gasteiger partial charge in [-0.15, -0.1) is 0 Å². The molecule has 0 fully saturated rings. The third-order valence-electron chi connectivity index (χ3n) is 3.16. The van der Waals surface area contributed by atoms with E-state index in [1.165, 1.54) is 6.07 Å². The van der Waals surface area contributed by atoms with Crippen LogP contribution >= 0.6 is 0 Å². The van der Waals surface area contributed by atoms with E-state index in [1.807, 2.05) is 6.92 Å². The second-order valence-electron chi connectivity index (χ2n) is 4.66. The van der Waals surface area contributed by atoms with Crippen molar-refractivity contribution >= 4 is 21.6 Å².